The molecule has 1 aromatic rings. The summed E-state index contributed by atoms with van der Waals surface area (Å²) in [5.41, 5.74) is 9.86. The van der Waals surface area contributed by atoms with Crippen LogP contribution in [-0.4, -0.2) is 25.5 Å². The molecule has 90 valence electrons. The number of hydrogen-bond acceptors (Lipinski definition) is 2. The van der Waals surface area contributed by atoms with Crippen LogP contribution in [0.15, 0.2) is 18.2 Å². The second-order valence-electron chi connectivity index (χ2n) is 4.97. The summed E-state index contributed by atoms with van der Waals surface area (Å²) >= 11 is 0. The summed E-state index contributed by atoms with van der Waals surface area (Å²) in [4.78, 5) is 2.25. The van der Waals surface area contributed by atoms with Gasteiger partial charge in [-0.15, -0.1) is 0 Å². The highest BCUT2D eigenvalue weighted by molar-refractivity contribution is 5.32. The molecule has 2 nitrogen and oxygen atoms in total. The smallest absolute Gasteiger partial charge is 0.0379 e. The Balaban J connectivity index is 3.06. The van der Waals surface area contributed by atoms with Crippen LogP contribution in [0.1, 0.15) is 29.7 Å². The zero-order chi connectivity index (χ0) is 12.3. The SMILES string of the molecule is Cc1ccc(C(C(C)CN)N(C)C)cc1C. The summed E-state index contributed by atoms with van der Waals surface area (Å²) in [6.07, 6.45) is 0. The van der Waals surface area contributed by atoms with Crippen LogP contribution in [0, 0.1) is 19.8 Å². The lowest BCUT2D eigenvalue weighted by Crippen LogP contribution is -2.30. The Morgan fingerprint density at radius 3 is 2.25 bits per heavy atom. The summed E-state index contributed by atoms with van der Waals surface area (Å²) in [6.45, 7) is 7.24. The number of benzene rings is 1. The molecule has 0 aromatic heterocycles. The Bertz CT molecular complexity index is 345. The molecule has 0 aliphatic rings. The first-order valence-corrected chi connectivity index (χ1v) is 5.91. The third kappa shape index (κ3) is 2.83. The third-order valence-corrected chi connectivity index (χ3v) is 3.34. The van der Waals surface area contributed by atoms with Crippen molar-refractivity contribution in [1.29, 1.82) is 0 Å². The first kappa shape index (κ1) is 13.2. The van der Waals surface area contributed by atoms with Gasteiger partial charge < -0.3 is 10.6 Å². The van der Waals surface area contributed by atoms with Crippen molar-refractivity contribution >= 4 is 0 Å². The van der Waals surface area contributed by atoms with E-state index in [-0.39, 0.29) is 0 Å². The molecule has 0 heterocycles. The van der Waals surface area contributed by atoms with E-state index in [0.717, 1.165) is 6.54 Å². The molecule has 2 unspecified atom stereocenters. The monoisotopic (exact) mass is 220 g/mol. The highest BCUT2D eigenvalue weighted by Crippen LogP contribution is 2.27. The van der Waals surface area contributed by atoms with Gasteiger partial charge in [0.15, 0.2) is 0 Å². The van der Waals surface area contributed by atoms with E-state index < -0.39 is 0 Å². The van der Waals surface area contributed by atoms with Gasteiger partial charge in [0.05, 0.1) is 0 Å². The van der Waals surface area contributed by atoms with E-state index in [2.05, 4.69) is 58.0 Å². The van der Waals surface area contributed by atoms with Gasteiger partial charge in [0, 0.05) is 6.04 Å². The molecule has 0 bridgehead atoms. The average molecular weight is 220 g/mol. The molecule has 1 aromatic carbocycles. The Morgan fingerprint density at radius 1 is 1.19 bits per heavy atom. The molecule has 0 saturated heterocycles. The van der Waals surface area contributed by atoms with Gasteiger partial charge in [-0.1, -0.05) is 25.1 Å². The minimum Gasteiger partial charge on any atom is -0.330 e. The van der Waals surface area contributed by atoms with E-state index in [1.165, 1.54) is 16.7 Å². The quantitative estimate of drug-likeness (QED) is 0.844. The van der Waals surface area contributed by atoms with Crippen molar-refractivity contribution in [2.24, 2.45) is 11.7 Å². The molecule has 2 N–H and O–H groups in total. The van der Waals surface area contributed by atoms with Crippen molar-refractivity contribution in [1.82, 2.24) is 4.90 Å². The lowest BCUT2D eigenvalue weighted by Gasteiger charge is -2.30. The van der Waals surface area contributed by atoms with Crippen molar-refractivity contribution in [2.45, 2.75) is 26.8 Å². The molecule has 0 aliphatic carbocycles. The average Bonchev–Trinajstić information content (AvgIpc) is 2.22. The maximum absolute atomic E-state index is 5.79. The van der Waals surface area contributed by atoms with Gasteiger partial charge >= 0.3 is 0 Å². The maximum Gasteiger partial charge on any atom is 0.0379 e. The fraction of sp³-hybridized carbons (Fsp3) is 0.571. The van der Waals surface area contributed by atoms with Crippen molar-refractivity contribution in [3.8, 4) is 0 Å². The Morgan fingerprint density at radius 2 is 1.81 bits per heavy atom. The van der Waals surface area contributed by atoms with Crippen LogP contribution in [0.25, 0.3) is 0 Å². The predicted octanol–water partition coefficient (Wildman–Crippen LogP) is 2.50. The van der Waals surface area contributed by atoms with Gasteiger partial charge in [-0.25, -0.2) is 0 Å². The summed E-state index contributed by atoms with van der Waals surface area (Å²) in [7, 11) is 4.23. The fourth-order valence-corrected chi connectivity index (χ4v) is 2.21. The van der Waals surface area contributed by atoms with E-state index >= 15 is 0 Å². The third-order valence-electron chi connectivity index (χ3n) is 3.34. The lowest BCUT2D eigenvalue weighted by atomic mass is 9.91. The van der Waals surface area contributed by atoms with E-state index in [0.29, 0.717) is 12.0 Å². The van der Waals surface area contributed by atoms with Crippen molar-refractivity contribution < 1.29 is 0 Å². The number of aryl methyl sites for hydroxylation is 2. The molecule has 0 spiro atoms. The number of nitrogens with two attached hydrogens (primary N) is 1. The summed E-state index contributed by atoms with van der Waals surface area (Å²) in [5, 5.41) is 0. The molecular weight excluding hydrogens is 196 g/mol. The fourth-order valence-electron chi connectivity index (χ4n) is 2.21. The van der Waals surface area contributed by atoms with E-state index in [1.807, 2.05) is 0 Å². The van der Waals surface area contributed by atoms with Crippen LogP contribution in [-0.2, 0) is 0 Å². The largest absolute Gasteiger partial charge is 0.330 e. The standard InChI is InChI=1S/C14H24N2/c1-10-6-7-13(8-11(10)2)14(16(4)5)12(3)9-15/h6-8,12,14H,9,15H2,1-5H3. The van der Waals surface area contributed by atoms with Crippen LogP contribution in [0.2, 0.25) is 0 Å². The Kier molecular flexibility index (Phi) is 4.51. The van der Waals surface area contributed by atoms with Crippen molar-refractivity contribution in [3.63, 3.8) is 0 Å². The molecule has 0 aliphatic heterocycles. The molecule has 2 heteroatoms. The summed E-state index contributed by atoms with van der Waals surface area (Å²) < 4.78 is 0. The Labute approximate surface area is 99.5 Å². The molecule has 16 heavy (non-hydrogen) atoms. The van der Waals surface area contributed by atoms with Gasteiger partial charge in [0.2, 0.25) is 0 Å². The van der Waals surface area contributed by atoms with Crippen LogP contribution in [0.3, 0.4) is 0 Å². The highest BCUT2D eigenvalue weighted by Gasteiger charge is 2.20. The molecule has 0 amide bonds. The van der Waals surface area contributed by atoms with Crippen LogP contribution in [0.5, 0.6) is 0 Å². The second kappa shape index (κ2) is 5.46. The number of hydrogen-bond donors (Lipinski definition) is 1. The van der Waals surface area contributed by atoms with Crippen LogP contribution >= 0.6 is 0 Å². The zero-order valence-electron chi connectivity index (χ0n) is 11.1. The molecule has 0 saturated carbocycles. The molecule has 2 atom stereocenters. The van der Waals surface area contributed by atoms with E-state index in [9.17, 15) is 0 Å². The van der Waals surface area contributed by atoms with Gasteiger partial charge in [0.1, 0.15) is 0 Å². The first-order valence-electron chi connectivity index (χ1n) is 5.91. The van der Waals surface area contributed by atoms with Crippen LogP contribution in [0.4, 0.5) is 0 Å². The minimum absolute atomic E-state index is 0.407. The molecular formula is C14H24N2. The normalized spacial score (nSPS) is 15.2. The minimum atomic E-state index is 0.407. The number of nitrogens with zero attached hydrogens (tertiary/aromatic N) is 1. The van der Waals surface area contributed by atoms with Crippen molar-refractivity contribution in [3.05, 3.63) is 34.9 Å². The van der Waals surface area contributed by atoms with E-state index in [4.69, 9.17) is 5.73 Å². The second-order valence-corrected chi connectivity index (χ2v) is 4.97. The number of rotatable bonds is 4. The first-order chi connectivity index (χ1) is 7.47. The van der Waals surface area contributed by atoms with E-state index in [1.54, 1.807) is 0 Å². The zero-order valence-corrected chi connectivity index (χ0v) is 11.1. The van der Waals surface area contributed by atoms with Gasteiger partial charge in [-0.05, 0) is 57.1 Å². The lowest BCUT2D eigenvalue weighted by molar-refractivity contribution is 0.227. The van der Waals surface area contributed by atoms with Crippen LogP contribution < -0.4 is 5.73 Å². The molecule has 0 fully saturated rings. The molecule has 1 rings (SSSR count). The van der Waals surface area contributed by atoms with Gasteiger partial charge in [-0.3, -0.25) is 0 Å². The highest BCUT2D eigenvalue weighted by atomic mass is 15.1. The topological polar surface area (TPSA) is 29.3 Å². The Hall–Kier alpha value is -0.860. The predicted molar refractivity (Wildman–Crippen MR) is 70.6 cm³/mol. The summed E-state index contributed by atoms with van der Waals surface area (Å²) in [6, 6.07) is 7.11. The maximum atomic E-state index is 5.79. The van der Waals surface area contributed by atoms with Crippen molar-refractivity contribution in [2.75, 3.05) is 20.6 Å². The summed E-state index contributed by atoms with van der Waals surface area (Å²) in [5.74, 6) is 0.470. The van der Waals surface area contributed by atoms with Gasteiger partial charge in [-0.2, -0.15) is 0 Å². The molecule has 0 radical (unpaired) electrons. The van der Waals surface area contributed by atoms with Gasteiger partial charge in [0.25, 0.3) is 0 Å².